The monoisotopic (exact) mass is 265 g/mol. The molecule has 0 unspecified atom stereocenters. The lowest BCUT2D eigenvalue weighted by Crippen LogP contribution is -2.14. The first-order chi connectivity index (χ1) is 8.67. The Kier molecular flexibility index (Phi) is 3.88. The number of nitrogens with zero attached hydrogens (tertiary/aromatic N) is 1. The Labute approximate surface area is 108 Å². The van der Waals surface area contributed by atoms with Crippen LogP contribution in [0.1, 0.15) is 5.69 Å². The second-order valence-corrected chi connectivity index (χ2v) is 4.48. The molecule has 0 aliphatic carbocycles. The molecule has 18 heavy (non-hydrogen) atoms. The van der Waals surface area contributed by atoms with Crippen molar-refractivity contribution in [3.05, 3.63) is 41.2 Å². The van der Waals surface area contributed by atoms with Gasteiger partial charge in [0, 0.05) is 18.1 Å². The van der Waals surface area contributed by atoms with Crippen LogP contribution < -0.4 is 10.6 Å². The summed E-state index contributed by atoms with van der Waals surface area (Å²) >= 11 is 1.45. The van der Waals surface area contributed by atoms with Crippen LogP contribution in [-0.4, -0.2) is 17.9 Å². The minimum Gasteiger partial charge on any atom is -0.365 e. The molecule has 0 aliphatic heterocycles. The van der Waals surface area contributed by atoms with E-state index in [1.54, 1.807) is 7.05 Å². The lowest BCUT2D eigenvalue weighted by atomic mass is 10.3. The summed E-state index contributed by atoms with van der Waals surface area (Å²) in [6.07, 6.45) is 0.204. The average molecular weight is 265 g/mol. The maximum atomic E-state index is 12.7. The SMILES string of the molecule is CNc1nc(CC(=O)Nc2ccc(F)cc2)cs1. The lowest BCUT2D eigenvalue weighted by molar-refractivity contribution is -0.115. The number of anilines is 2. The van der Waals surface area contributed by atoms with Gasteiger partial charge < -0.3 is 10.6 Å². The van der Waals surface area contributed by atoms with Gasteiger partial charge in [-0.3, -0.25) is 4.79 Å². The van der Waals surface area contributed by atoms with Gasteiger partial charge in [0.15, 0.2) is 5.13 Å². The predicted octanol–water partition coefficient (Wildman–Crippen LogP) is 2.51. The molecule has 2 rings (SSSR count). The number of carbonyl (C=O) groups is 1. The number of hydrogen-bond donors (Lipinski definition) is 2. The molecule has 0 radical (unpaired) electrons. The number of nitrogens with one attached hydrogen (secondary N) is 2. The fourth-order valence-corrected chi connectivity index (χ4v) is 2.08. The van der Waals surface area contributed by atoms with Crippen LogP contribution in [0, 0.1) is 5.82 Å². The minimum atomic E-state index is -0.328. The Bertz CT molecular complexity index is 539. The van der Waals surface area contributed by atoms with Crippen molar-refractivity contribution in [1.29, 1.82) is 0 Å². The average Bonchev–Trinajstić information content (AvgIpc) is 2.79. The Hall–Kier alpha value is -1.95. The van der Waals surface area contributed by atoms with E-state index in [0.717, 1.165) is 5.13 Å². The molecule has 1 amide bonds. The van der Waals surface area contributed by atoms with Crippen LogP contribution in [0.5, 0.6) is 0 Å². The van der Waals surface area contributed by atoms with Gasteiger partial charge >= 0.3 is 0 Å². The van der Waals surface area contributed by atoms with Crippen LogP contribution in [0.25, 0.3) is 0 Å². The van der Waals surface area contributed by atoms with Crippen LogP contribution in [0.2, 0.25) is 0 Å². The quantitative estimate of drug-likeness (QED) is 0.893. The Balaban J connectivity index is 1.94. The first kappa shape index (κ1) is 12.5. The largest absolute Gasteiger partial charge is 0.365 e. The van der Waals surface area contributed by atoms with Crippen LogP contribution >= 0.6 is 11.3 Å². The zero-order chi connectivity index (χ0) is 13.0. The van der Waals surface area contributed by atoms with E-state index in [9.17, 15) is 9.18 Å². The summed E-state index contributed by atoms with van der Waals surface area (Å²) in [6.45, 7) is 0. The molecule has 0 spiro atoms. The van der Waals surface area contributed by atoms with E-state index in [2.05, 4.69) is 15.6 Å². The Morgan fingerprint density at radius 1 is 1.39 bits per heavy atom. The maximum Gasteiger partial charge on any atom is 0.230 e. The van der Waals surface area contributed by atoms with Gasteiger partial charge in [0.2, 0.25) is 5.91 Å². The fourth-order valence-electron chi connectivity index (χ4n) is 1.41. The van der Waals surface area contributed by atoms with Crippen LogP contribution in [-0.2, 0) is 11.2 Å². The van der Waals surface area contributed by atoms with Crippen molar-refractivity contribution in [1.82, 2.24) is 4.98 Å². The molecule has 4 nitrogen and oxygen atoms in total. The fraction of sp³-hybridized carbons (Fsp3) is 0.167. The first-order valence-electron chi connectivity index (χ1n) is 5.35. The third-order valence-electron chi connectivity index (χ3n) is 2.24. The van der Waals surface area contributed by atoms with E-state index >= 15 is 0 Å². The molecular weight excluding hydrogens is 253 g/mol. The van der Waals surface area contributed by atoms with Gasteiger partial charge in [-0.25, -0.2) is 9.37 Å². The molecule has 6 heteroatoms. The second kappa shape index (κ2) is 5.59. The van der Waals surface area contributed by atoms with Crippen molar-refractivity contribution in [2.24, 2.45) is 0 Å². The highest BCUT2D eigenvalue weighted by atomic mass is 32.1. The van der Waals surface area contributed by atoms with Gasteiger partial charge in [-0.15, -0.1) is 11.3 Å². The summed E-state index contributed by atoms with van der Waals surface area (Å²) in [5, 5.41) is 8.20. The molecular formula is C12H12FN3OS. The van der Waals surface area contributed by atoms with Gasteiger partial charge in [-0.1, -0.05) is 0 Å². The van der Waals surface area contributed by atoms with Crippen LogP contribution in [0.3, 0.4) is 0 Å². The molecule has 1 aromatic heterocycles. The molecule has 94 valence electrons. The van der Waals surface area contributed by atoms with Crippen LogP contribution in [0.4, 0.5) is 15.2 Å². The number of aromatic nitrogens is 1. The molecule has 2 aromatic rings. The zero-order valence-electron chi connectivity index (χ0n) is 9.74. The van der Waals surface area contributed by atoms with Crippen molar-refractivity contribution in [3.8, 4) is 0 Å². The van der Waals surface area contributed by atoms with Crippen molar-refractivity contribution in [3.63, 3.8) is 0 Å². The van der Waals surface area contributed by atoms with E-state index in [0.29, 0.717) is 11.4 Å². The predicted molar refractivity (Wildman–Crippen MR) is 70.4 cm³/mol. The molecule has 0 aliphatic rings. The molecule has 0 saturated heterocycles. The summed E-state index contributed by atoms with van der Waals surface area (Å²) in [7, 11) is 1.78. The first-order valence-corrected chi connectivity index (χ1v) is 6.23. The maximum absolute atomic E-state index is 12.7. The van der Waals surface area contributed by atoms with E-state index in [1.807, 2.05) is 5.38 Å². The van der Waals surface area contributed by atoms with E-state index in [4.69, 9.17) is 0 Å². The van der Waals surface area contributed by atoms with Gasteiger partial charge in [0.25, 0.3) is 0 Å². The summed E-state index contributed by atoms with van der Waals surface area (Å²) < 4.78 is 12.7. The number of amides is 1. The van der Waals surface area contributed by atoms with Crippen molar-refractivity contribution in [2.75, 3.05) is 17.7 Å². The van der Waals surface area contributed by atoms with Gasteiger partial charge in [0.05, 0.1) is 12.1 Å². The molecule has 1 aromatic carbocycles. The van der Waals surface area contributed by atoms with E-state index in [1.165, 1.54) is 35.6 Å². The Morgan fingerprint density at radius 3 is 2.72 bits per heavy atom. The van der Waals surface area contributed by atoms with Crippen molar-refractivity contribution >= 4 is 28.1 Å². The van der Waals surface area contributed by atoms with Gasteiger partial charge in [-0.2, -0.15) is 0 Å². The molecule has 1 heterocycles. The lowest BCUT2D eigenvalue weighted by Gasteiger charge is -2.03. The topological polar surface area (TPSA) is 54.0 Å². The molecule has 2 N–H and O–H groups in total. The summed E-state index contributed by atoms with van der Waals surface area (Å²) in [4.78, 5) is 15.9. The van der Waals surface area contributed by atoms with Crippen LogP contribution in [0.15, 0.2) is 29.6 Å². The highest BCUT2D eigenvalue weighted by Gasteiger charge is 2.07. The smallest absolute Gasteiger partial charge is 0.230 e. The molecule has 0 bridgehead atoms. The Morgan fingerprint density at radius 2 is 2.11 bits per heavy atom. The van der Waals surface area contributed by atoms with E-state index in [-0.39, 0.29) is 18.1 Å². The number of thiazole rings is 1. The molecule has 0 atom stereocenters. The van der Waals surface area contributed by atoms with Gasteiger partial charge in [0.1, 0.15) is 5.82 Å². The third-order valence-corrected chi connectivity index (χ3v) is 3.14. The molecule has 0 fully saturated rings. The minimum absolute atomic E-state index is 0.172. The van der Waals surface area contributed by atoms with Crippen molar-refractivity contribution < 1.29 is 9.18 Å². The summed E-state index contributed by atoms with van der Waals surface area (Å²) in [5.74, 6) is -0.499. The summed E-state index contributed by atoms with van der Waals surface area (Å²) in [6, 6.07) is 5.65. The molecule has 0 saturated carbocycles. The third kappa shape index (κ3) is 3.27. The zero-order valence-corrected chi connectivity index (χ0v) is 10.6. The van der Waals surface area contributed by atoms with Gasteiger partial charge in [-0.05, 0) is 24.3 Å². The summed E-state index contributed by atoms with van der Waals surface area (Å²) in [5.41, 5.74) is 1.29. The number of benzene rings is 1. The van der Waals surface area contributed by atoms with E-state index < -0.39 is 0 Å². The normalized spacial score (nSPS) is 10.1. The number of rotatable bonds is 4. The highest BCUT2D eigenvalue weighted by molar-refractivity contribution is 7.13. The number of halogens is 1. The standard InChI is InChI=1S/C12H12FN3OS/c1-14-12-16-10(7-18-12)6-11(17)15-9-4-2-8(13)3-5-9/h2-5,7H,6H2,1H3,(H,14,16)(H,15,17). The number of carbonyl (C=O) groups excluding carboxylic acids is 1. The highest BCUT2D eigenvalue weighted by Crippen LogP contribution is 2.15. The number of hydrogen-bond acceptors (Lipinski definition) is 4. The van der Waals surface area contributed by atoms with Crippen molar-refractivity contribution in [2.45, 2.75) is 6.42 Å². The second-order valence-electron chi connectivity index (χ2n) is 3.63.